The average Bonchev–Trinajstić information content (AvgIpc) is 2.40. The van der Waals surface area contributed by atoms with E-state index in [1.165, 1.54) is 38.8 Å². The molecular formula is C16H32N2O. The van der Waals surface area contributed by atoms with Crippen molar-refractivity contribution in [1.29, 1.82) is 0 Å². The molecule has 0 bridgehead atoms. The highest BCUT2D eigenvalue weighted by molar-refractivity contribution is 4.94. The van der Waals surface area contributed by atoms with E-state index in [2.05, 4.69) is 25.7 Å². The van der Waals surface area contributed by atoms with Crippen molar-refractivity contribution >= 4 is 0 Å². The van der Waals surface area contributed by atoms with E-state index >= 15 is 0 Å². The fraction of sp³-hybridized carbons (Fsp3) is 1.00. The second-order valence-corrected chi connectivity index (χ2v) is 7.31. The van der Waals surface area contributed by atoms with E-state index in [0.29, 0.717) is 23.5 Å². The number of nitrogens with two attached hydrogens (primary N) is 1. The molecule has 1 saturated heterocycles. The number of nitrogens with zero attached hydrogens (tertiary/aromatic N) is 1. The Labute approximate surface area is 118 Å². The number of piperidine rings is 1. The topological polar surface area (TPSA) is 38.5 Å². The predicted molar refractivity (Wildman–Crippen MR) is 80.1 cm³/mol. The maximum absolute atomic E-state index is 6.26. The molecule has 0 aromatic heterocycles. The van der Waals surface area contributed by atoms with Crippen molar-refractivity contribution in [3.05, 3.63) is 0 Å². The third-order valence-corrected chi connectivity index (χ3v) is 5.99. The first kappa shape index (κ1) is 15.3. The molecule has 2 fully saturated rings. The van der Waals surface area contributed by atoms with E-state index in [0.717, 1.165) is 12.5 Å². The Kier molecular flexibility index (Phi) is 4.91. The molecule has 2 aliphatic rings. The zero-order chi connectivity index (χ0) is 14.0. The molecule has 0 aromatic rings. The van der Waals surface area contributed by atoms with Crippen molar-refractivity contribution in [2.24, 2.45) is 23.0 Å². The molecule has 4 unspecified atom stereocenters. The van der Waals surface area contributed by atoms with Crippen LogP contribution in [0.4, 0.5) is 0 Å². The Balaban J connectivity index is 1.94. The summed E-state index contributed by atoms with van der Waals surface area (Å²) < 4.78 is 5.54. The van der Waals surface area contributed by atoms with Gasteiger partial charge in [0.05, 0.1) is 6.10 Å². The smallest absolute Gasteiger partial charge is 0.0698 e. The third-order valence-electron chi connectivity index (χ3n) is 5.99. The zero-order valence-corrected chi connectivity index (χ0v) is 13.2. The summed E-state index contributed by atoms with van der Waals surface area (Å²) in [6, 6.07) is 0.388. The van der Waals surface area contributed by atoms with Gasteiger partial charge in [-0.15, -0.1) is 0 Å². The van der Waals surface area contributed by atoms with Crippen LogP contribution >= 0.6 is 0 Å². The molecule has 0 radical (unpaired) electrons. The maximum atomic E-state index is 6.26. The van der Waals surface area contributed by atoms with Crippen molar-refractivity contribution in [3.8, 4) is 0 Å². The molecule has 1 saturated carbocycles. The van der Waals surface area contributed by atoms with E-state index < -0.39 is 0 Å². The van der Waals surface area contributed by atoms with Crippen LogP contribution in [0, 0.1) is 17.3 Å². The molecule has 1 heterocycles. The van der Waals surface area contributed by atoms with E-state index in [4.69, 9.17) is 10.5 Å². The second-order valence-electron chi connectivity index (χ2n) is 7.31. The normalized spacial score (nSPS) is 40.3. The number of hydrogen-bond donors (Lipinski definition) is 1. The van der Waals surface area contributed by atoms with Gasteiger partial charge in [-0.1, -0.05) is 20.8 Å². The van der Waals surface area contributed by atoms with Gasteiger partial charge >= 0.3 is 0 Å². The average molecular weight is 268 g/mol. The van der Waals surface area contributed by atoms with Crippen LogP contribution in [0.5, 0.6) is 0 Å². The maximum Gasteiger partial charge on any atom is 0.0698 e. The SMILES string of the molecule is COC1CCCN(CC2CCC(N)C(C)C2(C)C)C1. The van der Waals surface area contributed by atoms with Crippen LogP contribution in [-0.2, 0) is 4.74 Å². The Bertz CT molecular complexity index is 292. The van der Waals surface area contributed by atoms with Crippen molar-refractivity contribution in [2.45, 2.75) is 58.6 Å². The molecule has 19 heavy (non-hydrogen) atoms. The van der Waals surface area contributed by atoms with E-state index in [1.807, 2.05) is 7.11 Å². The lowest BCUT2D eigenvalue weighted by molar-refractivity contribution is -0.00886. The summed E-state index contributed by atoms with van der Waals surface area (Å²) in [6.07, 6.45) is 5.42. The fourth-order valence-electron chi connectivity index (χ4n) is 3.95. The minimum atomic E-state index is 0.359. The van der Waals surface area contributed by atoms with Gasteiger partial charge in [0, 0.05) is 26.2 Å². The van der Waals surface area contributed by atoms with E-state index in [-0.39, 0.29) is 0 Å². The van der Waals surface area contributed by atoms with Crippen molar-refractivity contribution < 1.29 is 4.74 Å². The molecule has 112 valence electrons. The number of methoxy groups -OCH3 is 1. The number of hydrogen-bond acceptors (Lipinski definition) is 3. The highest BCUT2D eigenvalue weighted by Gasteiger charge is 2.42. The van der Waals surface area contributed by atoms with Gasteiger partial charge in [0.1, 0.15) is 0 Å². The van der Waals surface area contributed by atoms with Crippen LogP contribution in [-0.4, -0.2) is 43.8 Å². The molecule has 1 aliphatic heterocycles. The van der Waals surface area contributed by atoms with Gasteiger partial charge in [0.15, 0.2) is 0 Å². The second kappa shape index (κ2) is 6.11. The van der Waals surface area contributed by atoms with Crippen LogP contribution in [0.15, 0.2) is 0 Å². The first-order chi connectivity index (χ1) is 8.95. The fourth-order valence-corrected chi connectivity index (χ4v) is 3.95. The van der Waals surface area contributed by atoms with Gasteiger partial charge in [-0.25, -0.2) is 0 Å². The quantitative estimate of drug-likeness (QED) is 0.854. The van der Waals surface area contributed by atoms with E-state index in [1.54, 1.807) is 0 Å². The first-order valence-electron chi connectivity index (χ1n) is 7.96. The monoisotopic (exact) mass is 268 g/mol. The highest BCUT2D eigenvalue weighted by Crippen LogP contribution is 2.44. The van der Waals surface area contributed by atoms with Gasteiger partial charge < -0.3 is 15.4 Å². The summed E-state index contributed by atoms with van der Waals surface area (Å²) in [5.41, 5.74) is 6.62. The molecule has 0 amide bonds. The van der Waals surface area contributed by atoms with Gasteiger partial charge in [0.2, 0.25) is 0 Å². The molecule has 1 aliphatic carbocycles. The summed E-state index contributed by atoms with van der Waals surface area (Å²) in [5, 5.41) is 0. The Morgan fingerprint density at radius 2 is 2.00 bits per heavy atom. The summed E-state index contributed by atoms with van der Waals surface area (Å²) in [4.78, 5) is 2.62. The number of ether oxygens (including phenoxy) is 1. The predicted octanol–water partition coefficient (Wildman–Crippen LogP) is 2.50. The Morgan fingerprint density at radius 1 is 1.26 bits per heavy atom. The van der Waals surface area contributed by atoms with Gasteiger partial charge in [-0.3, -0.25) is 0 Å². The largest absolute Gasteiger partial charge is 0.380 e. The molecule has 3 nitrogen and oxygen atoms in total. The van der Waals surface area contributed by atoms with Gasteiger partial charge in [-0.2, -0.15) is 0 Å². The van der Waals surface area contributed by atoms with Gasteiger partial charge in [-0.05, 0) is 49.5 Å². The molecular weight excluding hydrogens is 236 g/mol. The Morgan fingerprint density at radius 3 is 2.68 bits per heavy atom. The van der Waals surface area contributed by atoms with Crippen LogP contribution in [0.1, 0.15) is 46.5 Å². The Hall–Kier alpha value is -0.120. The van der Waals surface area contributed by atoms with E-state index in [9.17, 15) is 0 Å². The van der Waals surface area contributed by atoms with Crippen LogP contribution in [0.3, 0.4) is 0 Å². The number of rotatable bonds is 3. The zero-order valence-electron chi connectivity index (χ0n) is 13.2. The highest BCUT2D eigenvalue weighted by atomic mass is 16.5. The first-order valence-corrected chi connectivity index (χ1v) is 7.96. The third kappa shape index (κ3) is 3.32. The molecule has 3 heteroatoms. The molecule has 2 N–H and O–H groups in total. The van der Waals surface area contributed by atoms with Crippen molar-refractivity contribution in [3.63, 3.8) is 0 Å². The minimum Gasteiger partial charge on any atom is -0.380 e. The molecule has 2 rings (SSSR count). The standard InChI is InChI=1S/C16H32N2O/c1-12-15(17)8-7-13(16(12,2)3)10-18-9-5-6-14(11-18)19-4/h12-15H,5-11,17H2,1-4H3. The van der Waals surface area contributed by atoms with Crippen LogP contribution in [0.2, 0.25) is 0 Å². The lowest BCUT2D eigenvalue weighted by atomic mass is 9.61. The number of likely N-dealkylation sites (tertiary alicyclic amines) is 1. The summed E-state index contributed by atoms with van der Waals surface area (Å²) in [5.74, 6) is 1.40. The summed E-state index contributed by atoms with van der Waals surface area (Å²) in [7, 11) is 1.85. The van der Waals surface area contributed by atoms with Crippen LogP contribution in [0.25, 0.3) is 0 Å². The van der Waals surface area contributed by atoms with Crippen LogP contribution < -0.4 is 5.73 Å². The minimum absolute atomic E-state index is 0.359. The molecule has 4 atom stereocenters. The molecule has 0 spiro atoms. The van der Waals surface area contributed by atoms with Crippen molar-refractivity contribution in [2.75, 3.05) is 26.7 Å². The van der Waals surface area contributed by atoms with Crippen molar-refractivity contribution in [1.82, 2.24) is 4.90 Å². The molecule has 0 aromatic carbocycles. The lowest BCUT2D eigenvalue weighted by Crippen LogP contribution is -2.51. The summed E-state index contributed by atoms with van der Waals surface area (Å²) >= 11 is 0. The van der Waals surface area contributed by atoms with Gasteiger partial charge in [0.25, 0.3) is 0 Å². The summed E-state index contributed by atoms with van der Waals surface area (Å²) in [6.45, 7) is 10.8. The lowest BCUT2D eigenvalue weighted by Gasteiger charge is -2.49.